The Balaban J connectivity index is 1.86. The van der Waals surface area contributed by atoms with Crippen LogP contribution in [0.2, 0.25) is 0 Å². The molecule has 1 heterocycles. The van der Waals surface area contributed by atoms with Gasteiger partial charge in [-0.15, -0.1) is 0 Å². The molecule has 7 heteroatoms. The van der Waals surface area contributed by atoms with Crippen molar-refractivity contribution in [2.75, 3.05) is 18.6 Å². The fourth-order valence-corrected chi connectivity index (χ4v) is 3.63. The molecule has 0 N–H and O–H groups in total. The number of rotatable bonds is 5. The predicted molar refractivity (Wildman–Crippen MR) is 106 cm³/mol. The number of methoxy groups -OCH3 is 1. The Morgan fingerprint density at radius 2 is 1.85 bits per heavy atom. The second kappa shape index (κ2) is 8.16. The van der Waals surface area contributed by atoms with Crippen molar-refractivity contribution in [3.05, 3.63) is 65.1 Å². The summed E-state index contributed by atoms with van der Waals surface area (Å²) < 4.78 is 10.5. The number of hydrogen-bond donors (Lipinski definition) is 0. The summed E-state index contributed by atoms with van der Waals surface area (Å²) in [6, 6.07) is 16.4. The number of thiocarbonyl (C=S) groups is 1. The first kappa shape index (κ1) is 18.2. The molecule has 0 aromatic heterocycles. The standard InChI is InChI=1S/C19H15NO4S2/c1-23-17(21)12-24-15-10-6-5-7-13(15)11-16-18(22)20(19(25)26-16)14-8-3-2-4-9-14/h2-11H,12H2,1H3/b16-11-. The highest BCUT2D eigenvalue weighted by atomic mass is 32.2. The number of amides is 1. The number of benzene rings is 2. The van der Waals surface area contributed by atoms with Gasteiger partial charge in [0.2, 0.25) is 0 Å². The molecule has 1 aliphatic rings. The van der Waals surface area contributed by atoms with Crippen LogP contribution in [0.5, 0.6) is 5.75 Å². The number of nitrogens with zero attached hydrogens (tertiary/aromatic N) is 1. The molecule has 2 aromatic rings. The van der Waals surface area contributed by atoms with E-state index in [-0.39, 0.29) is 12.5 Å². The van der Waals surface area contributed by atoms with E-state index < -0.39 is 5.97 Å². The Kier molecular flexibility index (Phi) is 5.70. The third-order valence-electron chi connectivity index (χ3n) is 3.59. The van der Waals surface area contributed by atoms with Crippen LogP contribution in [0.3, 0.4) is 0 Å². The van der Waals surface area contributed by atoms with Gasteiger partial charge in [0.1, 0.15) is 5.75 Å². The average molecular weight is 385 g/mol. The molecule has 0 unspecified atom stereocenters. The van der Waals surface area contributed by atoms with Gasteiger partial charge in [-0.05, 0) is 24.3 Å². The van der Waals surface area contributed by atoms with Crippen molar-refractivity contribution in [1.82, 2.24) is 0 Å². The molecule has 1 fully saturated rings. The Morgan fingerprint density at radius 3 is 2.58 bits per heavy atom. The summed E-state index contributed by atoms with van der Waals surface area (Å²) in [6.45, 7) is -0.202. The number of carbonyl (C=O) groups excluding carboxylic acids is 2. The minimum absolute atomic E-state index is 0.186. The Labute approximate surface area is 160 Å². The van der Waals surface area contributed by atoms with Crippen LogP contribution < -0.4 is 9.64 Å². The molecular formula is C19H15NO4S2. The van der Waals surface area contributed by atoms with Gasteiger partial charge in [-0.1, -0.05) is 60.4 Å². The first-order chi connectivity index (χ1) is 12.6. The molecule has 0 atom stereocenters. The van der Waals surface area contributed by atoms with E-state index in [0.717, 1.165) is 5.69 Å². The van der Waals surface area contributed by atoms with Crippen LogP contribution in [0, 0.1) is 0 Å². The number of ether oxygens (including phenoxy) is 2. The highest BCUT2D eigenvalue weighted by molar-refractivity contribution is 8.27. The zero-order chi connectivity index (χ0) is 18.5. The van der Waals surface area contributed by atoms with E-state index in [1.54, 1.807) is 18.2 Å². The van der Waals surface area contributed by atoms with E-state index in [4.69, 9.17) is 17.0 Å². The SMILES string of the molecule is COC(=O)COc1ccccc1/C=C1\SC(=S)N(c2ccccc2)C1=O. The quantitative estimate of drug-likeness (QED) is 0.445. The average Bonchev–Trinajstić information content (AvgIpc) is 2.94. The summed E-state index contributed by atoms with van der Waals surface area (Å²) in [6.07, 6.45) is 1.72. The molecule has 0 aliphatic carbocycles. The molecule has 1 saturated heterocycles. The van der Waals surface area contributed by atoms with E-state index in [0.29, 0.717) is 20.5 Å². The Bertz CT molecular complexity index is 880. The molecule has 0 saturated carbocycles. The normalized spacial score (nSPS) is 15.4. The van der Waals surface area contributed by atoms with Gasteiger partial charge in [-0.3, -0.25) is 9.69 Å². The second-order valence-corrected chi connectivity index (χ2v) is 6.93. The van der Waals surface area contributed by atoms with E-state index >= 15 is 0 Å². The second-order valence-electron chi connectivity index (χ2n) is 5.26. The molecule has 1 amide bonds. The monoisotopic (exact) mass is 385 g/mol. The van der Waals surface area contributed by atoms with Crippen molar-refractivity contribution < 1.29 is 19.1 Å². The maximum absolute atomic E-state index is 12.8. The topological polar surface area (TPSA) is 55.8 Å². The zero-order valence-corrected chi connectivity index (χ0v) is 15.5. The lowest BCUT2D eigenvalue weighted by molar-refractivity contribution is -0.142. The molecule has 2 aromatic carbocycles. The van der Waals surface area contributed by atoms with Gasteiger partial charge in [-0.25, -0.2) is 4.79 Å². The molecule has 0 radical (unpaired) electrons. The van der Waals surface area contributed by atoms with Crippen molar-refractivity contribution in [1.29, 1.82) is 0 Å². The van der Waals surface area contributed by atoms with E-state index in [1.165, 1.54) is 23.8 Å². The highest BCUT2D eigenvalue weighted by Crippen LogP contribution is 2.36. The lowest BCUT2D eigenvalue weighted by Gasteiger charge is -2.13. The van der Waals surface area contributed by atoms with Gasteiger partial charge in [0.05, 0.1) is 17.7 Å². The summed E-state index contributed by atoms with van der Waals surface area (Å²) in [7, 11) is 1.30. The van der Waals surface area contributed by atoms with E-state index in [1.807, 2.05) is 42.5 Å². The van der Waals surface area contributed by atoms with Crippen LogP contribution in [-0.2, 0) is 14.3 Å². The molecule has 0 bridgehead atoms. The van der Waals surface area contributed by atoms with Crippen molar-refractivity contribution in [3.8, 4) is 5.75 Å². The van der Waals surface area contributed by atoms with Gasteiger partial charge in [-0.2, -0.15) is 0 Å². The minimum atomic E-state index is -0.477. The first-order valence-electron chi connectivity index (χ1n) is 7.72. The molecular weight excluding hydrogens is 370 g/mol. The summed E-state index contributed by atoms with van der Waals surface area (Å²) in [5, 5.41) is 0. The van der Waals surface area contributed by atoms with Gasteiger partial charge in [0.25, 0.3) is 5.91 Å². The van der Waals surface area contributed by atoms with Gasteiger partial charge < -0.3 is 9.47 Å². The Morgan fingerprint density at radius 1 is 1.15 bits per heavy atom. The van der Waals surface area contributed by atoms with Crippen molar-refractivity contribution in [2.24, 2.45) is 0 Å². The van der Waals surface area contributed by atoms with Crippen molar-refractivity contribution in [2.45, 2.75) is 0 Å². The summed E-state index contributed by atoms with van der Waals surface area (Å²) >= 11 is 6.59. The Hall–Kier alpha value is -2.64. The number of esters is 1. The molecule has 3 rings (SSSR count). The van der Waals surface area contributed by atoms with Gasteiger partial charge in [0.15, 0.2) is 10.9 Å². The number of thioether (sulfide) groups is 1. The smallest absolute Gasteiger partial charge is 0.343 e. The fourth-order valence-electron chi connectivity index (χ4n) is 2.34. The predicted octanol–water partition coefficient (Wildman–Crippen LogP) is 3.64. The van der Waals surface area contributed by atoms with Crippen LogP contribution in [0.15, 0.2) is 59.5 Å². The largest absolute Gasteiger partial charge is 0.481 e. The molecule has 1 aliphatic heterocycles. The van der Waals surface area contributed by atoms with Crippen molar-refractivity contribution >= 4 is 51.9 Å². The van der Waals surface area contributed by atoms with Crippen molar-refractivity contribution in [3.63, 3.8) is 0 Å². The number of carbonyl (C=O) groups is 2. The molecule has 0 spiro atoms. The van der Waals surface area contributed by atoms with Crippen LogP contribution >= 0.6 is 24.0 Å². The fraction of sp³-hybridized carbons (Fsp3) is 0.105. The van der Waals surface area contributed by atoms with E-state index in [9.17, 15) is 9.59 Å². The molecule has 5 nitrogen and oxygen atoms in total. The summed E-state index contributed by atoms with van der Waals surface area (Å²) in [5.41, 5.74) is 1.42. The van der Waals surface area contributed by atoms with E-state index in [2.05, 4.69) is 4.74 Å². The van der Waals surface area contributed by atoms with Gasteiger partial charge >= 0.3 is 5.97 Å². The number of hydrogen-bond acceptors (Lipinski definition) is 6. The number of para-hydroxylation sites is 2. The number of anilines is 1. The molecule has 26 heavy (non-hydrogen) atoms. The highest BCUT2D eigenvalue weighted by Gasteiger charge is 2.33. The minimum Gasteiger partial charge on any atom is -0.481 e. The lowest BCUT2D eigenvalue weighted by Crippen LogP contribution is -2.27. The van der Waals surface area contributed by atoms with Crippen LogP contribution in [0.4, 0.5) is 5.69 Å². The maximum atomic E-state index is 12.8. The maximum Gasteiger partial charge on any atom is 0.343 e. The van der Waals surface area contributed by atoms with Crippen LogP contribution in [0.1, 0.15) is 5.56 Å². The lowest BCUT2D eigenvalue weighted by atomic mass is 10.2. The summed E-state index contributed by atoms with van der Waals surface area (Å²) in [5.74, 6) is -0.174. The van der Waals surface area contributed by atoms with Crippen LogP contribution in [-0.4, -0.2) is 29.9 Å². The third-order valence-corrected chi connectivity index (χ3v) is 4.89. The van der Waals surface area contributed by atoms with Crippen LogP contribution in [0.25, 0.3) is 6.08 Å². The summed E-state index contributed by atoms with van der Waals surface area (Å²) in [4.78, 5) is 26.1. The van der Waals surface area contributed by atoms with Gasteiger partial charge in [0, 0.05) is 5.56 Å². The third kappa shape index (κ3) is 3.95. The zero-order valence-electron chi connectivity index (χ0n) is 13.9. The molecule has 132 valence electrons. The first-order valence-corrected chi connectivity index (χ1v) is 8.94.